The molecular weight excluding hydrogens is 262 g/mol. The summed E-state index contributed by atoms with van der Waals surface area (Å²) in [5.41, 5.74) is 1.35. The number of nitrogens with zero attached hydrogens (tertiary/aromatic N) is 1. The van der Waals surface area contributed by atoms with Crippen LogP contribution in [-0.2, 0) is 9.53 Å². The Balaban J connectivity index is 1.96. The van der Waals surface area contributed by atoms with Gasteiger partial charge in [-0.2, -0.15) is 0 Å². The number of rotatable bonds is 3. The lowest BCUT2D eigenvalue weighted by Gasteiger charge is -2.29. The van der Waals surface area contributed by atoms with Gasteiger partial charge in [-0.25, -0.2) is 4.79 Å². The first-order valence-corrected chi connectivity index (χ1v) is 7.33. The number of carbonyl (C=O) groups excluding carboxylic acids is 2. The molecule has 0 aromatic heterocycles. The average molecular weight is 277 g/mol. The van der Waals surface area contributed by atoms with Crippen LogP contribution in [0.2, 0.25) is 0 Å². The zero-order valence-corrected chi connectivity index (χ0v) is 11.5. The number of ether oxygens (including phenoxy) is 1. The van der Waals surface area contributed by atoms with E-state index in [-0.39, 0.29) is 11.9 Å². The SMILES string of the molecule is COC(=O)c1ccc2c(c1)N(CC1CC1)C(=O)CS2. The highest BCUT2D eigenvalue weighted by molar-refractivity contribution is 8.00. The molecule has 0 radical (unpaired) electrons. The molecular formula is C14H15NO3S. The van der Waals surface area contributed by atoms with Gasteiger partial charge >= 0.3 is 5.97 Å². The Morgan fingerprint density at radius 3 is 2.95 bits per heavy atom. The predicted molar refractivity (Wildman–Crippen MR) is 73.6 cm³/mol. The molecule has 0 N–H and O–H groups in total. The maximum absolute atomic E-state index is 12.1. The van der Waals surface area contributed by atoms with Gasteiger partial charge in [0.1, 0.15) is 0 Å². The minimum absolute atomic E-state index is 0.131. The van der Waals surface area contributed by atoms with E-state index in [2.05, 4.69) is 0 Å². The topological polar surface area (TPSA) is 46.6 Å². The fraction of sp³-hybridized carbons (Fsp3) is 0.429. The second-order valence-electron chi connectivity index (χ2n) is 4.91. The summed E-state index contributed by atoms with van der Waals surface area (Å²) in [6.07, 6.45) is 2.39. The van der Waals surface area contributed by atoms with Gasteiger partial charge in [0.05, 0.1) is 24.1 Å². The van der Waals surface area contributed by atoms with Crippen LogP contribution in [-0.4, -0.2) is 31.3 Å². The van der Waals surface area contributed by atoms with Crippen molar-refractivity contribution in [1.82, 2.24) is 0 Å². The van der Waals surface area contributed by atoms with E-state index < -0.39 is 0 Å². The van der Waals surface area contributed by atoms with Crippen molar-refractivity contribution >= 4 is 29.3 Å². The van der Waals surface area contributed by atoms with Crippen LogP contribution in [0.5, 0.6) is 0 Å². The molecule has 100 valence electrons. The summed E-state index contributed by atoms with van der Waals surface area (Å²) in [6, 6.07) is 5.43. The maximum Gasteiger partial charge on any atom is 0.337 e. The molecule has 1 aromatic rings. The molecule has 19 heavy (non-hydrogen) atoms. The van der Waals surface area contributed by atoms with Crippen molar-refractivity contribution in [2.75, 3.05) is 24.3 Å². The van der Waals surface area contributed by atoms with E-state index in [1.807, 2.05) is 11.0 Å². The molecule has 3 rings (SSSR count). The number of benzene rings is 1. The number of hydrogen-bond acceptors (Lipinski definition) is 4. The van der Waals surface area contributed by atoms with Crippen molar-refractivity contribution in [3.63, 3.8) is 0 Å². The van der Waals surface area contributed by atoms with E-state index in [0.29, 0.717) is 17.2 Å². The number of carbonyl (C=O) groups is 2. The maximum atomic E-state index is 12.1. The molecule has 5 heteroatoms. The van der Waals surface area contributed by atoms with Gasteiger partial charge in [-0.1, -0.05) is 0 Å². The van der Waals surface area contributed by atoms with Gasteiger partial charge in [0.15, 0.2) is 0 Å². The van der Waals surface area contributed by atoms with E-state index in [9.17, 15) is 9.59 Å². The average Bonchev–Trinajstić information content (AvgIpc) is 3.24. The Hall–Kier alpha value is -1.49. The van der Waals surface area contributed by atoms with Crippen LogP contribution in [0.25, 0.3) is 0 Å². The minimum atomic E-state index is -0.364. The third kappa shape index (κ3) is 2.47. The van der Waals surface area contributed by atoms with Crippen LogP contribution in [0, 0.1) is 5.92 Å². The quantitative estimate of drug-likeness (QED) is 0.796. The van der Waals surface area contributed by atoms with Gasteiger partial charge < -0.3 is 9.64 Å². The number of hydrogen-bond donors (Lipinski definition) is 0. The fourth-order valence-electron chi connectivity index (χ4n) is 2.21. The molecule has 0 unspecified atom stereocenters. The lowest BCUT2D eigenvalue weighted by Crippen LogP contribution is -2.37. The van der Waals surface area contributed by atoms with Crippen molar-refractivity contribution in [3.05, 3.63) is 23.8 Å². The van der Waals surface area contributed by atoms with Gasteiger partial charge in [-0.15, -0.1) is 11.8 Å². The smallest absolute Gasteiger partial charge is 0.337 e. The lowest BCUT2D eigenvalue weighted by molar-refractivity contribution is -0.116. The number of amides is 1. The molecule has 0 spiro atoms. The first-order valence-electron chi connectivity index (χ1n) is 6.34. The van der Waals surface area contributed by atoms with Crippen molar-refractivity contribution in [2.45, 2.75) is 17.7 Å². The summed E-state index contributed by atoms with van der Waals surface area (Å²) >= 11 is 1.53. The molecule has 1 amide bonds. The Morgan fingerprint density at radius 2 is 2.26 bits per heavy atom. The van der Waals surface area contributed by atoms with Crippen LogP contribution >= 0.6 is 11.8 Å². The fourth-order valence-corrected chi connectivity index (χ4v) is 3.12. The third-order valence-electron chi connectivity index (χ3n) is 3.46. The van der Waals surface area contributed by atoms with Crippen LogP contribution in [0.15, 0.2) is 23.1 Å². The Labute approximate surface area is 116 Å². The van der Waals surface area contributed by atoms with E-state index >= 15 is 0 Å². The van der Waals surface area contributed by atoms with E-state index in [4.69, 9.17) is 4.74 Å². The predicted octanol–water partition coefficient (Wildman–Crippen LogP) is 2.32. The molecule has 0 atom stereocenters. The zero-order chi connectivity index (χ0) is 13.4. The lowest BCUT2D eigenvalue weighted by atomic mass is 10.1. The van der Waals surface area contributed by atoms with E-state index in [1.54, 1.807) is 12.1 Å². The van der Waals surface area contributed by atoms with Crippen molar-refractivity contribution in [1.29, 1.82) is 0 Å². The van der Waals surface area contributed by atoms with Crippen LogP contribution < -0.4 is 4.90 Å². The second-order valence-corrected chi connectivity index (χ2v) is 5.93. The summed E-state index contributed by atoms with van der Waals surface area (Å²) in [5.74, 6) is 0.877. The second kappa shape index (κ2) is 4.89. The van der Waals surface area contributed by atoms with Gasteiger partial charge in [0, 0.05) is 11.4 Å². The highest BCUT2D eigenvalue weighted by Gasteiger charge is 2.31. The first kappa shape index (κ1) is 12.5. The third-order valence-corrected chi connectivity index (χ3v) is 4.51. The molecule has 0 bridgehead atoms. The van der Waals surface area contributed by atoms with Gasteiger partial charge in [0.25, 0.3) is 0 Å². The molecule has 1 saturated carbocycles. The largest absolute Gasteiger partial charge is 0.465 e. The summed E-state index contributed by atoms with van der Waals surface area (Å²) in [7, 11) is 1.36. The van der Waals surface area contributed by atoms with E-state index in [0.717, 1.165) is 17.1 Å². The molecule has 1 aliphatic heterocycles. The van der Waals surface area contributed by atoms with Crippen molar-refractivity contribution in [3.8, 4) is 0 Å². The number of esters is 1. The standard InChI is InChI=1S/C14H15NO3S/c1-18-14(17)10-4-5-12-11(6-10)15(7-9-2-3-9)13(16)8-19-12/h4-6,9H,2-3,7-8H2,1H3. The van der Waals surface area contributed by atoms with Crippen molar-refractivity contribution in [2.24, 2.45) is 5.92 Å². The molecule has 2 aliphatic rings. The van der Waals surface area contributed by atoms with Gasteiger partial charge in [-0.3, -0.25) is 4.79 Å². The Bertz CT molecular complexity index is 539. The Kier molecular flexibility index (Phi) is 3.22. The molecule has 1 aromatic carbocycles. The van der Waals surface area contributed by atoms with Crippen LogP contribution in [0.1, 0.15) is 23.2 Å². The van der Waals surface area contributed by atoms with Gasteiger partial charge in [-0.05, 0) is 37.0 Å². The number of anilines is 1. The van der Waals surface area contributed by atoms with Crippen LogP contribution in [0.3, 0.4) is 0 Å². The van der Waals surface area contributed by atoms with Crippen molar-refractivity contribution < 1.29 is 14.3 Å². The summed E-state index contributed by atoms with van der Waals surface area (Å²) in [6.45, 7) is 0.775. The molecule has 1 aliphatic carbocycles. The zero-order valence-electron chi connectivity index (χ0n) is 10.7. The first-order chi connectivity index (χ1) is 9.19. The van der Waals surface area contributed by atoms with E-state index in [1.165, 1.54) is 31.7 Å². The highest BCUT2D eigenvalue weighted by Crippen LogP contribution is 2.39. The number of methoxy groups -OCH3 is 1. The monoisotopic (exact) mass is 277 g/mol. The molecule has 0 saturated heterocycles. The molecule has 1 heterocycles. The number of fused-ring (bicyclic) bond motifs is 1. The summed E-state index contributed by atoms with van der Waals surface area (Å²) in [4.78, 5) is 26.5. The molecule has 1 fully saturated rings. The highest BCUT2D eigenvalue weighted by atomic mass is 32.2. The van der Waals surface area contributed by atoms with Crippen LogP contribution in [0.4, 0.5) is 5.69 Å². The normalized spacial score (nSPS) is 18.2. The Morgan fingerprint density at radius 1 is 1.47 bits per heavy atom. The molecule has 4 nitrogen and oxygen atoms in total. The number of thioether (sulfide) groups is 1. The minimum Gasteiger partial charge on any atom is -0.465 e. The van der Waals surface area contributed by atoms with Gasteiger partial charge in [0.2, 0.25) is 5.91 Å². The summed E-state index contributed by atoms with van der Waals surface area (Å²) < 4.78 is 4.73. The summed E-state index contributed by atoms with van der Waals surface area (Å²) in [5, 5.41) is 0.